The SMILES string of the molecule is O=C(c1ccc(F)cc1F)N1CCC[C@H](c2nc(-c3ccc[nH]3)no2)C1. The number of benzene rings is 1. The van der Waals surface area contributed by atoms with Crippen molar-refractivity contribution in [2.45, 2.75) is 18.8 Å². The van der Waals surface area contributed by atoms with Gasteiger partial charge in [-0.05, 0) is 37.1 Å². The van der Waals surface area contributed by atoms with Crippen LogP contribution >= 0.6 is 0 Å². The maximum atomic E-state index is 13.9. The van der Waals surface area contributed by atoms with Crippen molar-refractivity contribution in [3.05, 3.63) is 59.6 Å². The highest BCUT2D eigenvalue weighted by molar-refractivity contribution is 5.94. The summed E-state index contributed by atoms with van der Waals surface area (Å²) >= 11 is 0. The minimum Gasteiger partial charge on any atom is -0.359 e. The van der Waals surface area contributed by atoms with Crippen molar-refractivity contribution >= 4 is 5.91 Å². The molecule has 1 fully saturated rings. The number of nitrogens with zero attached hydrogens (tertiary/aromatic N) is 3. The van der Waals surface area contributed by atoms with E-state index < -0.39 is 17.5 Å². The molecule has 4 rings (SSSR count). The van der Waals surface area contributed by atoms with Gasteiger partial charge in [-0.1, -0.05) is 5.16 Å². The van der Waals surface area contributed by atoms with Crippen LogP contribution in [0.3, 0.4) is 0 Å². The van der Waals surface area contributed by atoms with Gasteiger partial charge in [-0.25, -0.2) is 8.78 Å². The lowest BCUT2D eigenvalue weighted by molar-refractivity contribution is 0.0691. The molecule has 0 unspecified atom stereocenters. The molecule has 6 nitrogen and oxygen atoms in total. The highest BCUT2D eigenvalue weighted by atomic mass is 19.1. The number of halogens is 2. The summed E-state index contributed by atoms with van der Waals surface area (Å²) in [7, 11) is 0. The van der Waals surface area contributed by atoms with E-state index in [1.807, 2.05) is 12.1 Å². The number of piperidine rings is 1. The van der Waals surface area contributed by atoms with Crippen molar-refractivity contribution in [2.75, 3.05) is 13.1 Å². The Kier molecular flexibility index (Phi) is 4.24. The number of aromatic nitrogens is 3. The quantitative estimate of drug-likeness (QED) is 0.779. The van der Waals surface area contributed by atoms with Crippen molar-refractivity contribution in [1.82, 2.24) is 20.0 Å². The second-order valence-electron chi connectivity index (χ2n) is 6.25. The molecule has 0 aliphatic carbocycles. The topological polar surface area (TPSA) is 75.0 Å². The largest absolute Gasteiger partial charge is 0.359 e. The van der Waals surface area contributed by atoms with Crippen molar-refractivity contribution in [2.24, 2.45) is 0 Å². The Morgan fingerprint density at radius 1 is 1.31 bits per heavy atom. The van der Waals surface area contributed by atoms with Gasteiger partial charge in [0.15, 0.2) is 0 Å². The molecule has 3 aromatic rings. The lowest BCUT2D eigenvalue weighted by atomic mass is 9.97. The van der Waals surface area contributed by atoms with Gasteiger partial charge in [0.2, 0.25) is 11.7 Å². The molecule has 0 spiro atoms. The maximum Gasteiger partial charge on any atom is 0.256 e. The molecule has 1 aromatic carbocycles. The van der Waals surface area contributed by atoms with E-state index in [0.29, 0.717) is 24.8 Å². The summed E-state index contributed by atoms with van der Waals surface area (Å²) in [6.45, 7) is 0.853. The van der Waals surface area contributed by atoms with Crippen LogP contribution in [-0.2, 0) is 0 Å². The summed E-state index contributed by atoms with van der Waals surface area (Å²) in [5, 5.41) is 3.96. The Bertz CT molecular complexity index is 923. The van der Waals surface area contributed by atoms with Gasteiger partial charge < -0.3 is 14.4 Å². The lowest BCUT2D eigenvalue weighted by Gasteiger charge is -2.31. The van der Waals surface area contributed by atoms with Crippen LogP contribution in [0, 0.1) is 11.6 Å². The maximum absolute atomic E-state index is 13.9. The van der Waals surface area contributed by atoms with Gasteiger partial charge in [0.05, 0.1) is 17.2 Å². The van der Waals surface area contributed by atoms with Crippen molar-refractivity contribution < 1.29 is 18.1 Å². The Morgan fingerprint density at radius 3 is 2.96 bits per heavy atom. The number of amides is 1. The molecule has 1 N–H and O–H groups in total. The Balaban J connectivity index is 1.51. The zero-order valence-electron chi connectivity index (χ0n) is 13.8. The first-order chi connectivity index (χ1) is 12.6. The first-order valence-electron chi connectivity index (χ1n) is 8.33. The second kappa shape index (κ2) is 6.70. The number of hydrogen-bond donors (Lipinski definition) is 1. The zero-order valence-corrected chi connectivity index (χ0v) is 13.8. The number of carbonyl (C=O) groups is 1. The molecule has 1 aliphatic heterocycles. The van der Waals surface area contributed by atoms with E-state index in [1.54, 1.807) is 11.1 Å². The first kappa shape index (κ1) is 16.4. The minimum atomic E-state index is -0.857. The van der Waals surface area contributed by atoms with Crippen LogP contribution < -0.4 is 0 Å². The second-order valence-corrected chi connectivity index (χ2v) is 6.25. The number of nitrogens with one attached hydrogen (secondary N) is 1. The third kappa shape index (κ3) is 3.10. The van der Waals surface area contributed by atoms with Crippen molar-refractivity contribution in [1.29, 1.82) is 0 Å². The Labute approximate surface area is 147 Å². The fourth-order valence-electron chi connectivity index (χ4n) is 3.18. The van der Waals surface area contributed by atoms with E-state index in [2.05, 4.69) is 15.1 Å². The van der Waals surface area contributed by atoms with Crippen LogP contribution in [0.15, 0.2) is 41.1 Å². The van der Waals surface area contributed by atoms with E-state index in [4.69, 9.17) is 4.52 Å². The molecular weight excluding hydrogens is 342 g/mol. The molecule has 2 aromatic heterocycles. The summed E-state index contributed by atoms with van der Waals surface area (Å²) in [6.07, 6.45) is 3.30. The van der Waals surface area contributed by atoms with Gasteiger partial charge in [0, 0.05) is 25.4 Å². The fraction of sp³-hybridized carbons (Fsp3) is 0.278. The van der Waals surface area contributed by atoms with Gasteiger partial charge >= 0.3 is 0 Å². The van der Waals surface area contributed by atoms with Crippen LogP contribution in [0.1, 0.15) is 35.0 Å². The molecule has 0 saturated carbocycles. The van der Waals surface area contributed by atoms with Crippen LogP contribution in [0.4, 0.5) is 8.78 Å². The van der Waals surface area contributed by atoms with Crippen LogP contribution in [0.25, 0.3) is 11.5 Å². The van der Waals surface area contributed by atoms with Crippen molar-refractivity contribution in [3.63, 3.8) is 0 Å². The summed E-state index contributed by atoms with van der Waals surface area (Å²) in [4.78, 5) is 21.5. The van der Waals surface area contributed by atoms with Crippen LogP contribution in [0.2, 0.25) is 0 Å². The van der Waals surface area contributed by atoms with Gasteiger partial charge in [-0.15, -0.1) is 0 Å². The number of H-pyrrole nitrogens is 1. The van der Waals surface area contributed by atoms with E-state index >= 15 is 0 Å². The molecule has 0 radical (unpaired) electrons. The summed E-state index contributed by atoms with van der Waals surface area (Å²) in [5.74, 6) is -1.24. The minimum absolute atomic E-state index is 0.118. The normalized spacial score (nSPS) is 17.5. The lowest BCUT2D eigenvalue weighted by Crippen LogP contribution is -2.39. The zero-order chi connectivity index (χ0) is 18.1. The van der Waals surface area contributed by atoms with E-state index in [0.717, 1.165) is 30.7 Å². The average Bonchev–Trinajstić information content (AvgIpc) is 3.33. The Hall–Kier alpha value is -3.03. The predicted octanol–water partition coefficient (Wildman–Crippen LogP) is 3.36. The monoisotopic (exact) mass is 358 g/mol. The van der Waals surface area contributed by atoms with E-state index in [9.17, 15) is 13.6 Å². The van der Waals surface area contributed by atoms with Gasteiger partial charge in [0.25, 0.3) is 5.91 Å². The van der Waals surface area contributed by atoms with Crippen LogP contribution in [-0.4, -0.2) is 39.0 Å². The number of rotatable bonds is 3. The predicted molar refractivity (Wildman–Crippen MR) is 88.3 cm³/mol. The third-order valence-corrected chi connectivity index (χ3v) is 4.50. The summed E-state index contributed by atoms with van der Waals surface area (Å²) < 4.78 is 32.3. The standard InChI is InChI=1S/C18H16F2N4O2/c19-12-5-6-13(14(20)9-12)18(25)24-8-2-3-11(10-24)17-22-16(23-26-17)15-4-1-7-21-15/h1,4-7,9,11,21H,2-3,8,10H2/t11-/m0/s1. The molecule has 26 heavy (non-hydrogen) atoms. The van der Waals surface area contributed by atoms with E-state index in [-0.39, 0.29) is 11.5 Å². The van der Waals surface area contributed by atoms with Crippen molar-refractivity contribution in [3.8, 4) is 11.5 Å². The highest BCUT2D eigenvalue weighted by Gasteiger charge is 2.30. The van der Waals surface area contributed by atoms with E-state index in [1.165, 1.54) is 6.07 Å². The summed E-state index contributed by atoms with van der Waals surface area (Å²) in [5.41, 5.74) is 0.613. The third-order valence-electron chi connectivity index (χ3n) is 4.50. The molecule has 1 aliphatic rings. The molecule has 0 bridgehead atoms. The fourth-order valence-corrected chi connectivity index (χ4v) is 3.18. The first-order valence-corrected chi connectivity index (χ1v) is 8.33. The number of aromatic amines is 1. The molecule has 134 valence electrons. The average molecular weight is 358 g/mol. The van der Waals surface area contributed by atoms with Crippen LogP contribution in [0.5, 0.6) is 0 Å². The number of hydrogen-bond acceptors (Lipinski definition) is 4. The highest BCUT2D eigenvalue weighted by Crippen LogP contribution is 2.28. The molecule has 1 saturated heterocycles. The molecule has 3 heterocycles. The number of likely N-dealkylation sites (tertiary alicyclic amines) is 1. The molecule has 1 amide bonds. The molecule has 1 atom stereocenters. The van der Waals surface area contributed by atoms with Gasteiger partial charge in [0.1, 0.15) is 11.6 Å². The Morgan fingerprint density at radius 2 is 2.19 bits per heavy atom. The summed E-state index contributed by atoms with van der Waals surface area (Å²) in [6, 6.07) is 6.65. The smallest absolute Gasteiger partial charge is 0.256 e. The number of carbonyl (C=O) groups excluding carboxylic acids is 1. The molecule has 8 heteroatoms. The van der Waals surface area contributed by atoms with Gasteiger partial charge in [-0.2, -0.15) is 4.98 Å². The molecular formula is C18H16F2N4O2. The van der Waals surface area contributed by atoms with Gasteiger partial charge in [-0.3, -0.25) is 4.79 Å².